The van der Waals surface area contributed by atoms with Gasteiger partial charge in [0, 0.05) is 18.4 Å². The first kappa shape index (κ1) is 14.0. The maximum absolute atomic E-state index is 6.17. The van der Waals surface area contributed by atoms with E-state index < -0.39 is 0 Å². The summed E-state index contributed by atoms with van der Waals surface area (Å²) >= 11 is 0. The van der Waals surface area contributed by atoms with E-state index in [1.54, 1.807) is 5.92 Å². The molecule has 2 aliphatic rings. The van der Waals surface area contributed by atoms with E-state index in [-0.39, 0.29) is 11.5 Å². The zero-order valence-electron chi connectivity index (χ0n) is 13.3. The zero-order chi connectivity index (χ0) is 15.2. The molecule has 0 amide bonds. The molecule has 0 spiro atoms. The molecular formula is C21H22O. The number of hydrogen-bond acceptors (Lipinski definition) is 1. The fourth-order valence-electron chi connectivity index (χ4n) is 4.47. The lowest BCUT2D eigenvalue weighted by Crippen LogP contribution is -2.28. The molecule has 1 aliphatic heterocycles. The van der Waals surface area contributed by atoms with Crippen LogP contribution in [0.25, 0.3) is 0 Å². The monoisotopic (exact) mass is 290 g/mol. The summed E-state index contributed by atoms with van der Waals surface area (Å²) in [5.74, 6) is 3.52. The van der Waals surface area contributed by atoms with E-state index in [0.717, 1.165) is 13.0 Å². The molecule has 0 N–H and O–H groups in total. The van der Waals surface area contributed by atoms with Gasteiger partial charge in [0.15, 0.2) is 0 Å². The van der Waals surface area contributed by atoms with Crippen molar-refractivity contribution < 1.29 is 4.74 Å². The number of fused-ring (bicyclic) bond motifs is 1. The molecule has 1 aliphatic carbocycles. The molecule has 112 valence electrons. The van der Waals surface area contributed by atoms with Crippen LogP contribution in [0.4, 0.5) is 0 Å². The van der Waals surface area contributed by atoms with Crippen LogP contribution in [0.15, 0.2) is 60.7 Å². The maximum Gasteiger partial charge on any atom is 0.0724 e. The van der Waals surface area contributed by atoms with Crippen molar-refractivity contribution in [2.24, 2.45) is 11.3 Å². The summed E-state index contributed by atoms with van der Waals surface area (Å²) in [7, 11) is 0. The largest absolute Gasteiger partial charge is 0.377 e. The second-order valence-corrected chi connectivity index (χ2v) is 6.87. The molecule has 0 aromatic heterocycles. The summed E-state index contributed by atoms with van der Waals surface area (Å²) in [6, 6.07) is 21.7. The predicted molar refractivity (Wildman–Crippen MR) is 89.2 cm³/mol. The Kier molecular flexibility index (Phi) is 3.34. The highest BCUT2D eigenvalue weighted by atomic mass is 16.5. The highest BCUT2D eigenvalue weighted by Crippen LogP contribution is 2.61. The smallest absolute Gasteiger partial charge is 0.0724 e. The quantitative estimate of drug-likeness (QED) is 0.780. The molecule has 4 rings (SSSR count). The molecular weight excluding hydrogens is 268 g/mol. The van der Waals surface area contributed by atoms with Gasteiger partial charge in [-0.1, -0.05) is 74.5 Å². The van der Waals surface area contributed by atoms with Gasteiger partial charge in [-0.3, -0.25) is 0 Å². The third-order valence-corrected chi connectivity index (χ3v) is 5.26. The van der Waals surface area contributed by atoms with E-state index in [2.05, 4.69) is 74.5 Å². The van der Waals surface area contributed by atoms with Crippen molar-refractivity contribution in [1.82, 2.24) is 0 Å². The first-order valence-corrected chi connectivity index (χ1v) is 8.16. The molecule has 1 nitrogen and oxygen atoms in total. The van der Waals surface area contributed by atoms with Gasteiger partial charge < -0.3 is 4.74 Å². The molecule has 2 aromatic carbocycles. The number of rotatable bonds is 2. The molecule has 2 fully saturated rings. The van der Waals surface area contributed by atoms with Crippen molar-refractivity contribution in [3.63, 3.8) is 0 Å². The van der Waals surface area contributed by atoms with Gasteiger partial charge in [-0.2, -0.15) is 0 Å². The van der Waals surface area contributed by atoms with E-state index in [1.165, 1.54) is 17.0 Å². The average molecular weight is 290 g/mol. The van der Waals surface area contributed by atoms with E-state index in [1.807, 2.05) is 0 Å². The lowest BCUT2D eigenvalue weighted by atomic mass is 9.69. The number of hydrogen-bond donors (Lipinski definition) is 0. The average Bonchev–Trinajstić information content (AvgIpc) is 3.05. The van der Waals surface area contributed by atoms with Gasteiger partial charge >= 0.3 is 0 Å². The van der Waals surface area contributed by atoms with Crippen LogP contribution in [-0.4, -0.2) is 12.7 Å². The van der Waals surface area contributed by atoms with Crippen molar-refractivity contribution in [2.45, 2.75) is 26.4 Å². The van der Waals surface area contributed by atoms with E-state index >= 15 is 0 Å². The maximum atomic E-state index is 6.17. The Morgan fingerprint density at radius 1 is 0.818 bits per heavy atom. The van der Waals surface area contributed by atoms with Gasteiger partial charge in [0.2, 0.25) is 0 Å². The summed E-state index contributed by atoms with van der Waals surface area (Å²) in [5, 5.41) is 0. The Balaban J connectivity index is 1.81. The van der Waals surface area contributed by atoms with Crippen molar-refractivity contribution in [2.75, 3.05) is 6.61 Å². The Morgan fingerprint density at radius 2 is 1.36 bits per heavy atom. The SMILES string of the molecule is CC1(C)[C](c2ccccc2)C2CCOC2[C]1c1ccccc1. The van der Waals surface area contributed by atoms with Gasteiger partial charge in [-0.15, -0.1) is 0 Å². The van der Waals surface area contributed by atoms with Crippen LogP contribution in [0, 0.1) is 23.2 Å². The standard InChI is InChI=1S/C21H22O/c1-21(2)18(15-9-5-3-6-10-15)17-13-14-22-20(17)19(21)16-11-7-4-8-12-16/h3-12,17,20H,13-14H2,1-2H3. The lowest BCUT2D eigenvalue weighted by molar-refractivity contribution is 0.113. The summed E-state index contributed by atoms with van der Waals surface area (Å²) in [4.78, 5) is 0. The molecule has 1 heterocycles. The Labute approximate surface area is 133 Å². The highest BCUT2D eigenvalue weighted by molar-refractivity contribution is 5.53. The lowest BCUT2D eigenvalue weighted by Gasteiger charge is -2.34. The highest BCUT2D eigenvalue weighted by Gasteiger charge is 2.59. The van der Waals surface area contributed by atoms with Crippen LogP contribution in [0.5, 0.6) is 0 Å². The summed E-state index contributed by atoms with van der Waals surface area (Å²) < 4.78 is 6.17. The molecule has 2 radical (unpaired) electrons. The molecule has 1 saturated heterocycles. The minimum atomic E-state index is 0.0401. The predicted octanol–water partition coefficient (Wildman–Crippen LogP) is 4.68. The minimum absolute atomic E-state index is 0.0401. The van der Waals surface area contributed by atoms with Gasteiger partial charge in [-0.25, -0.2) is 0 Å². The van der Waals surface area contributed by atoms with Crippen molar-refractivity contribution in [3.05, 3.63) is 83.6 Å². The second-order valence-electron chi connectivity index (χ2n) is 6.87. The van der Waals surface area contributed by atoms with Crippen LogP contribution in [0.3, 0.4) is 0 Å². The van der Waals surface area contributed by atoms with E-state index in [4.69, 9.17) is 4.74 Å². The van der Waals surface area contributed by atoms with E-state index in [9.17, 15) is 0 Å². The third-order valence-electron chi connectivity index (χ3n) is 5.26. The first-order chi connectivity index (χ1) is 10.7. The fourth-order valence-corrected chi connectivity index (χ4v) is 4.47. The topological polar surface area (TPSA) is 9.23 Å². The van der Waals surface area contributed by atoms with Gasteiger partial charge in [0.05, 0.1) is 6.10 Å². The van der Waals surface area contributed by atoms with Crippen LogP contribution in [0.2, 0.25) is 0 Å². The van der Waals surface area contributed by atoms with Crippen LogP contribution < -0.4 is 0 Å². The molecule has 2 unspecified atom stereocenters. The first-order valence-electron chi connectivity index (χ1n) is 8.16. The third kappa shape index (κ3) is 2.03. The molecule has 2 aromatic rings. The van der Waals surface area contributed by atoms with Crippen molar-refractivity contribution in [3.8, 4) is 0 Å². The summed E-state index contributed by atoms with van der Waals surface area (Å²) in [6.45, 7) is 5.59. The van der Waals surface area contributed by atoms with Crippen molar-refractivity contribution in [1.29, 1.82) is 0 Å². The fraction of sp³-hybridized carbons (Fsp3) is 0.333. The van der Waals surface area contributed by atoms with Crippen LogP contribution in [-0.2, 0) is 4.74 Å². The number of ether oxygens (including phenoxy) is 1. The van der Waals surface area contributed by atoms with E-state index in [0.29, 0.717) is 5.92 Å². The number of benzene rings is 2. The molecule has 22 heavy (non-hydrogen) atoms. The van der Waals surface area contributed by atoms with Crippen molar-refractivity contribution >= 4 is 0 Å². The van der Waals surface area contributed by atoms with Crippen LogP contribution in [0.1, 0.15) is 31.4 Å². The molecule has 1 heteroatoms. The summed E-state index contributed by atoms with van der Waals surface area (Å²) in [5.41, 5.74) is 2.74. The Hall–Kier alpha value is -1.60. The Bertz CT molecular complexity index is 576. The van der Waals surface area contributed by atoms with Crippen LogP contribution >= 0.6 is 0 Å². The molecule has 2 atom stereocenters. The summed E-state index contributed by atoms with van der Waals surface area (Å²) in [6.07, 6.45) is 1.38. The minimum Gasteiger partial charge on any atom is -0.377 e. The van der Waals surface area contributed by atoms with Gasteiger partial charge in [0.1, 0.15) is 0 Å². The Morgan fingerprint density at radius 3 is 1.95 bits per heavy atom. The molecule has 0 bridgehead atoms. The van der Waals surface area contributed by atoms with Gasteiger partial charge in [0.25, 0.3) is 0 Å². The zero-order valence-corrected chi connectivity index (χ0v) is 13.3. The van der Waals surface area contributed by atoms with Gasteiger partial charge in [-0.05, 0) is 28.9 Å². The second kappa shape index (κ2) is 5.24. The molecule has 1 saturated carbocycles. The normalized spacial score (nSPS) is 27.9.